The molecular weight excluding hydrogens is 186 g/mol. The minimum atomic E-state index is 0.234. The first-order valence-electron chi connectivity index (χ1n) is 6.20. The predicted octanol–water partition coefficient (Wildman–Crippen LogP) is 3.06. The lowest BCUT2D eigenvalue weighted by molar-refractivity contribution is 0.0775. The number of nitrogens with two attached hydrogens (primary N) is 1. The molecule has 0 aromatic heterocycles. The van der Waals surface area contributed by atoms with Crippen LogP contribution in [0, 0.1) is 17.3 Å². The van der Waals surface area contributed by atoms with Crippen molar-refractivity contribution < 1.29 is 4.74 Å². The maximum atomic E-state index is 5.82. The predicted molar refractivity (Wildman–Crippen MR) is 66.9 cm³/mol. The summed E-state index contributed by atoms with van der Waals surface area (Å²) in [6, 6.07) is 0. The van der Waals surface area contributed by atoms with Crippen molar-refractivity contribution in [2.75, 3.05) is 19.8 Å². The Balaban J connectivity index is 3.64. The lowest BCUT2D eigenvalue weighted by atomic mass is 9.77. The lowest BCUT2D eigenvalue weighted by Crippen LogP contribution is -2.33. The van der Waals surface area contributed by atoms with Crippen molar-refractivity contribution in [1.29, 1.82) is 0 Å². The van der Waals surface area contributed by atoms with Crippen molar-refractivity contribution >= 4 is 0 Å². The van der Waals surface area contributed by atoms with Crippen LogP contribution in [0.15, 0.2) is 0 Å². The van der Waals surface area contributed by atoms with Crippen LogP contribution in [0.2, 0.25) is 0 Å². The summed E-state index contributed by atoms with van der Waals surface area (Å²) >= 11 is 0. The highest BCUT2D eigenvalue weighted by Crippen LogP contribution is 2.29. The SMILES string of the molecule is CC(C)CCOCCC(C)(CN)C(C)C. The van der Waals surface area contributed by atoms with E-state index in [2.05, 4.69) is 34.6 Å². The molecule has 0 aliphatic heterocycles. The van der Waals surface area contributed by atoms with Crippen molar-refractivity contribution in [1.82, 2.24) is 0 Å². The van der Waals surface area contributed by atoms with Crippen LogP contribution >= 0.6 is 0 Å². The number of ether oxygens (including phenoxy) is 1. The molecule has 0 heterocycles. The van der Waals surface area contributed by atoms with Crippen molar-refractivity contribution in [3.8, 4) is 0 Å². The fourth-order valence-corrected chi connectivity index (χ4v) is 1.35. The molecular formula is C13H29NO. The third-order valence-corrected chi connectivity index (χ3v) is 3.52. The van der Waals surface area contributed by atoms with Gasteiger partial charge in [0.25, 0.3) is 0 Å². The molecule has 15 heavy (non-hydrogen) atoms. The van der Waals surface area contributed by atoms with Gasteiger partial charge in [0.15, 0.2) is 0 Å². The van der Waals surface area contributed by atoms with Gasteiger partial charge in [-0.3, -0.25) is 0 Å². The van der Waals surface area contributed by atoms with Gasteiger partial charge in [-0.1, -0.05) is 34.6 Å². The molecule has 0 aliphatic rings. The molecule has 0 bridgehead atoms. The first kappa shape index (κ1) is 14.9. The topological polar surface area (TPSA) is 35.2 Å². The summed E-state index contributed by atoms with van der Waals surface area (Å²) in [4.78, 5) is 0. The van der Waals surface area contributed by atoms with Crippen molar-refractivity contribution in [3.63, 3.8) is 0 Å². The van der Waals surface area contributed by atoms with E-state index in [1.165, 1.54) is 0 Å². The molecule has 1 atom stereocenters. The molecule has 0 saturated carbocycles. The van der Waals surface area contributed by atoms with Gasteiger partial charge in [0.2, 0.25) is 0 Å². The second kappa shape index (κ2) is 7.24. The monoisotopic (exact) mass is 215 g/mol. The third-order valence-electron chi connectivity index (χ3n) is 3.52. The summed E-state index contributed by atoms with van der Waals surface area (Å²) in [7, 11) is 0. The molecule has 0 rings (SSSR count). The minimum Gasteiger partial charge on any atom is -0.381 e. The van der Waals surface area contributed by atoms with E-state index in [0.29, 0.717) is 5.92 Å². The van der Waals surface area contributed by atoms with Gasteiger partial charge in [0, 0.05) is 13.2 Å². The van der Waals surface area contributed by atoms with Crippen LogP contribution in [0.25, 0.3) is 0 Å². The van der Waals surface area contributed by atoms with E-state index < -0.39 is 0 Å². The second-order valence-electron chi connectivity index (χ2n) is 5.56. The van der Waals surface area contributed by atoms with Crippen molar-refractivity contribution in [2.24, 2.45) is 23.0 Å². The van der Waals surface area contributed by atoms with Gasteiger partial charge >= 0.3 is 0 Å². The molecule has 0 fully saturated rings. The first-order valence-corrected chi connectivity index (χ1v) is 6.20. The molecule has 0 aromatic carbocycles. The molecule has 0 aromatic rings. The number of rotatable bonds is 8. The zero-order chi connectivity index (χ0) is 11.9. The Bertz CT molecular complexity index is 157. The van der Waals surface area contributed by atoms with Crippen LogP contribution in [-0.2, 0) is 4.74 Å². The molecule has 0 amide bonds. The second-order valence-corrected chi connectivity index (χ2v) is 5.56. The van der Waals surface area contributed by atoms with Crippen LogP contribution in [0.4, 0.5) is 0 Å². The van der Waals surface area contributed by atoms with Gasteiger partial charge in [-0.25, -0.2) is 0 Å². The van der Waals surface area contributed by atoms with Gasteiger partial charge in [-0.15, -0.1) is 0 Å². The Morgan fingerprint density at radius 2 is 1.73 bits per heavy atom. The van der Waals surface area contributed by atoms with Gasteiger partial charge in [0.1, 0.15) is 0 Å². The van der Waals surface area contributed by atoms with E-state index >= 15 is 0 Å². The normalized spacial score (nSPS) is 16.0. The third kappa shape index (κ3) is 6.16. The largest absolute Gasteiger partial charge is 0.381 e. The van der Waals surface area contributed by atoms with Crippen LogP contribution in [0.3, 0.4) is 0 Å². The summed E-state index contributed by atoms with van der Waals surface area (Å²) in [5.74, 6) is 1.35. The van der Waals surface area contributed by atoms with E-state index in [1.54, 1.807) is 0 Å². The molecule has 0 saturated heterocycles. The van der Waals surface area contributed by atoms with E-state index in [4.69, 9.17) is 10.5 Å². The maximum absolute atomic E-state index is 5.82. The molecule has 0 aliphatic carbocycles. The fraction of sp³-hybridized carbons (Fsp3) is 1.00. The average Bonchev–Trinajstić information content (AvgIpc) is 2.16. The van der Waals surface area contributed by atoms with Crippen molar-refractivity contribution in [3.05, 3.63) is 0 Å². The summed E-state index contributed by atoms with van der Waals surface area (Å²) in [6.07, 6.45) is 2.22. The molecule has 0 radical (unpaired) electrons. The molecule has 92 valence electrons. The summed E-state index contributed by atoms with van der Waals surface area (Å²) in [6.45, 7) is 13.7. The van der Waals surface area contributed by atoms with E-state index in [-0.39, 0.29) is 5.41 Å². The summed E-state index contributed by atoms with van der Waals surface area (Å²) < 4.78 is 5.64. The minimum absolute atomic E-state index is 0.234. The standard InChI is InChI=1S/C13H29NO/c1-11(2)6-8-15-9-7-13(5,10-14)12(3)4/h11-12H,6-10,14H2,1-5H3. The molecule has 0 spiro atoms. The fourth-order valence-electron chi connectivity index (χ4n) is 1.35. The Labute approximate surface area is 95.6 Å². The Kier molecular flexibility index (Phi) is 7.20. The van der Waals surface area contributed by atoms with Gasteiger partial charge in [-0.2, -0.15) is 0 Å². The smallest absolute Gasteiger partial charge is 0.0471 e. The highest BCUT2D eigenvalue weighted by Gasteiger charge is 2.26. The number of hydrogen-bond donors (Lipinski definition) is 1. The summed E-state index contributed by atoms with van der Waals surface area (Å²) in [5.41, 5.74) is 6.05. The Hall–Kier alpha value is -0.0800. The highest BCUT2D eigenvalue weighted by atomic mass is 16.5. The number of hydrogen-bond acceptors (Lipinski definition) is 2. The van der Waals surface area contributed by atoms with E-state index in [1.807, 2.05) is 0 Å². The average molecular weight is 215 g/mol. The Morgan fingerprint density at radius 3 is 2.13 bits per heavy atom. The van der Waals surface area contributed by atoms with Crippen molar-refractivity contribution in [2.45, 2.75) is 47.5 Å². The van der Waals surface area contributed by atoms with Crippen LogP contribution in [0.5, 0.6) is 0 Å². The maximum Gasteiger partial charge on any atom is 0.0471 e. The summed E-state index contributed by atoms with van der Waals surface area (Å²) in [5, 5.41) is 0. The van der Waals surface area contributed by atoms with Crippen LogP contribution in [0.1, 0.15) is 47.5 Å². The lowest BCUT2D eigenvalue weighted by Gasteiger charge is -2.32. The van der Waals surface area contributed by atoms with Crippen LogP contribution in [-0.4, -0.2) is 19.8 Å². The highest BCUT2D eigenvalue weighted by molar-refractivity contribution is 4.78. The molecule has 2 N–H and O–H groups in total. The van der Waals surface area contributed by atoms with E-state index in [0.717, 1.165) is 38.5 Å². The van der Waals surface area contributed by atoms with Gasteiger partial charge < -0.3 is 10.5 Å². The van der Waals surface area contributed by atoms with E-state index in [9.17, 15) is 0 Å². The van der Waals surface area contributed by atoms with Gasteiger partial charge in [-0.05, 0) is 36.6 Å². The molecule has 2 heteroatoms. The first-order chi connectivity index (χ1) is 6.92. The zero-order valence-corrected chi connectivity index (χ0v) is 11.2. The quantitative estimate of drug-likeness (QED) is 0.632. The Morgan fingerprint density at radius 1 is 1.13 bits per heavy atom. The van der Waals surface area contributed by atoms with Crippen LogP contribution < -0.4 is 5.73 Å². The molecule has 1 unspecified atom stereocenters. The zero-order valence-electron chi connectivity index (χ0n) is 11.2. The van der Waals surface area contributed by atoms with Gasteiger partial charge in [0.05, 0.1) is 0 Å². The molecule has 2 nitrogen and oxygen atoms in total.